The van der Waals surface area contributed by atoms with Gasteiger partial charge in [-0.25, -0.2) is 0 Å². The molecule has 0 unspecified atom stereocenters. The molecule has 1 fully saturated rings. The predicted molar refractivity (Wildman–Crippen MR) is 91.1 cm³/mol. The summed E-state index contributed by atoms with van der Waals surface area (Å²) in [6.45, 7) is 3.93. The van der Waals surface area contributed by atoms with Gasteiger partial charge in [-0.05, 0) is 36.6 Å². The summed E-state index contributed by atoms with van der Waals surface area (Å²) < 4.78 is 11.3. The molecule has 0 spiro atoms. The second-order valence-electron chi connectivity index (χ2n) is 6.39. The van der Waals surface area contributed by atoms with E-state index in [2.05, 4.69) is 16.0 Å². The molecule has 0 radical (unpaired) electrons. The number of pyridine rings is 1. The minimum absolute atomic E-state index is 0.209. The monoisotopic (exact) mass is 326 g/mol. The third-order valence-corrected chi connectivity index (χ3v) is 4.85. The van der Waals surface area contributed by atoms with Crippen LogP contribution in [-0.2, 0) is 11.3 Å². The molecule has 5 heteroatoms. The lowest BCUT2D eigenvalue weighted by Crippen LogP contribution is -2.40. The van der Waals surface area contributed by atoms with E-state index in [-0.39, 0.29) is 5.75 Å². The molecule has 3 heterocycles. The van der Waals surface area contributed by atoms with Crippen LogP contribution in [0.2, 0.25) is 0 Å². The molecule has 1 aromatic heterocycles. The standard InChI is InChI=1S/C19H22N2O3/c22-18-11-15(14-2-1-5-20-12-14)10-16-13-21(6-9-24-19(16)18)17-3-7-23-8-4-17/h1-2,5,10-12,17,22H,3-4,6-9,13H2. The number of hydrogen-bond acceptors (Lipinski definition) is 5. The van der Waals surface area contributed by atoms with Crippen molar-refractivity contribution in [3.8, 4) is 22.6 Å². The van der Waals surface area contributed by atoms with E-state index in [1.807, 2.05) is 18.3 Å². The Morgan fingerprint density at radius 3 is 2.79 bits per heavy atom. The van der Waals surface area contributed by atoms with Crippen molar-refractivity contribution in [2.24, 2.45) is 0 Å². The Kier molecular flexibility index (Phi) is 4.36. The summed E-state index contributed by atoms with van der Waals surface area (Å²) in [7, 11) is 0. The quantitative estimate of drug-likeness (QED) is 0.920. The topological polar surface area (TPSA) is 54.8 Å². The van der Waals surface area contributed by atoms with Crippen LogP contribution in [0, 0.1) is 0 Å². The Labute approximate surface area is 141 Å². The highest BCUT2D eigenvalue weighted by atomic mass is 16.5. The van der Waals surface area contributed by atoms with Crippen molar-refractivity contribution >= 4 is 0 Å². The number of benzene rings is 1. The van der Waals surface area contributed by atoms with Crippen LogP contribution in [0.3, 0.4) is 0 Å². The van der Waals surface area contributed by atoms with Gasteiger partial charge in [-0.15, -0.1) is 0 Å². The lowest BCUT2D eigenvalue weighted by molar-refractivity contribution is 0.0294. The fourth-order valence-corrected chi connectivity index (χ4v) is 3.58. The number of nitrogens with zero attached hydrogens (tertiary/aromatic N) is 2. The van der Waals surface area contributed by atoms with Crippen LogP contribution in [0.15, 0.2) is 36.7 Å². The maximum atomic E-state index is 10.4. The fraction of sp³-hybridized carbons (Fsp3) is 0.421. The second-order valence-corrected chi connectivity index (χ2v) is 6.39. The van der Waals surface area contributed by atoms with Gasteiger partial charge in [0, 0.05) is 55.9 Å². The smallest absolute Gasteiger partial charge is 0.165 e. The van der Waals surface area contributed by atoms with E-state index in [1.54, 1.807) is 12.3 Å². The summed E-state index contributed by atoms with van der Waals surface area (Å²) in [6, 6.07) is 8.31. The maximum Gasteiger partial charge on any atom is 0.165 e. The lowest BCUT2D eigenvalue weighted by atomic mass is 10.0. The zero-order valence-corrected chi connectivity index (χ0v) is 13.6. The van der Waals surface area contributed by atoms with Crippen molar-refractivity contribution in [1.29, 1.82) is 0 Å². The highest BCUT2D eigenvalue weighted by molar-refractivity contribution is 5.68. The van der Waals surface area contributed by atoms with Crippen molar-refractivity contribution < 1.29 is 14.6 Å². The van der Waals surface area contributed by atoms with Crippen LogP contribution < -0.4 is 4.74 Å². The minimum Gasteiger partial charge on any atom is -0.504 e. The largest absolute Gasteiger partial charge is 0.504 e. The second kappa shape index (κ2) is 6.79. The van der Waals surface area contributed by atoms with Gasteiger partial charge in [0.1, 0.15) is 6.61 Å². The number of aromatic hydroxyl groups is 1. The summed E-state index contributed by atoms with van der Waals surface area (Å²) in [4.78, 5) is 6.63. The SMILES string of the molecule is Oc1cc(-c2cccnc2)cc2c1OCCN(C1CCOCC1)C2. The summed E-state index contributed by atoms with van der Waals surface area (Å²) >= 11 is 0. The van der Waals surface area contributed by atoms with Crippen molar-refractivity contribution in [3.63, 3.8) is 0 Å². The van der Waals surface area contributed by atoms with Gasteiger partial charge >= 0.3 is 0 Å². The molecule has 0 bridgehead atoms. The summed E-state index contributed by atoms with van der Waals surface area (Å²) in [5.41, 5.74) is 3.01. The Hall–Kier alpha value is -2.11. The molecule has 0 saturated carbocycles. The first kappa shape index (κ1) is 15.4. The number of fused-ring (bicyclic) bond motifs is 1. The predicted octanol–water partition coefficient (Wildman–Crippen LogP) is 2.83. The first-order valence-electron chi connectivity index (χ1n) is 8.52. The third kappa shape index (κ3) is 3.09. The van der Waals surface area contributed by atoms with Crippen LogP contribution >= 0.6 is 0 Å². The highest BCUT2D eigenvalue weighted by Gasteiger charge is 2.26. The van der Waals surface area contributed by atoms with E-state index in [4.69, 9.17) is 9.47 Å². The van der Waals surface area contributed by atoms with E-state index in [0.29, 0.717) is 18.4 Å². The van der Waals surface area contributed by atoms with Gasteiger partial charge in [0.05, 0.1) is 0 Å². The van der Waals surface area contributed by atoms with E-state index in [9.17, 15) is 5.11 Å². The van der Waals surface area contributed by atoms with Gasteiger partial charge in [-0.3, -0.25) is 9.88 Å². The Morgan fingerprint density at radius 2 is 2.00 bits per heavy atom. The summed E-state index contributed by atoms with van der Waals surface area (Å²) in [6.07, 6.45) is 5.69. The van der Waals surface area contributed by atoms with Crippen molar-refractivity contribution in [3.05, 3.63) is 42.2 Å². The molecule has 4 rings (SSSR count). The average molecular weight is 326 g/mol. The molecule has 1 aromatic carbocycles. The molecular weight excluding hydrogens is 304 g/mol. The van der Waals surface area contributed by atoms with Crippen LogP contribution in [0.1, 0.15) is 18.4 Å². The zero-order valence-electron chi connectivity index (χ0n) is 13.6. The number of rotatable bonds is 2. The van der Waals surface area contributed by atoms with Crippen LogP contribution in [-0.4, -0.2) is 47.4 Å². The van der Waals surface area contributed by atoms with Crippen LogP contribution in [0.4, 0.5) is 0 Å². The highest BCUT2D eigenvalue weighted by Crippen LogP contribution is 2.38. The fourth-order valence-electron chi connectivity index (χ4n) is 3.58. The van der Waals surface area contributed by atoms with E-state index in [0.717, 1.165) is 55.8 Å². The van der Waals surface area contributed by atoms with Gasteiger partial charge in [0.15, 0.2) is 11.5 Å². The third-order valence-electron chi connectivity index (χ3n) is 4.85. The molecule has 126 valence electrons. The molecule has 1 N–H and O–H groups in total. The number of hydrogen-bond donors (Lipinski definition) is 1. The lowest BCUT2D eigenvalue weighted by Gasteiger charge is -2.32. The van der Waals surface area contributed by atoms with Crippen molar-refractivity contribution in [2.45, 2.75) is 25.4 Å². The number of phenols is 1. The van der Waals surface area contributed by atoms with E-state index >= 15 is 0 Å². The molecule has 5 nitrogen and oxygen atoms in total. The molecule has 1 saturated heterocycles. The average Bonchev–Trinajstić information content (AvgIpc) is 2.86. The Morgan fingerprint density at radius 1 is 1.12 bits per heavy atom. The van der Waals surface area contributed by atoms with Crippen molar-refractivity contribution in [1.82, 2.24) is 9.88 Å². The van der Waals surface area contributed by atoms with Crippen LogP contribution in [0.25, 0.3) is 11.1 Å². The van der Waals surface area contributed by atoms with Gasteiger partial charge in [-0.1, -0.05) is 6.07 Å². The van der Waals surface area contributed by atoms with Crippen molar-refractivity contribution in [2.75, 3.05) is 26.4 Å². The molecular formula is C19H22N2O3. The van der Waals surface area contributed by atoms with E-state index in [1.165, 1.54) is 0 Å². The summed E-state index contributed by atoms with van der Waals surface area (Å²) in [5.74, 6) is 0.831. The number of phenolic OH excluding ortho intramolecular Hbond substituents is 1. The number of aromatic nitrogens is 1. The minimum atomic E-state index is 0.209. The van der Waals surface area contributed by atoms with Gasteiger partial charge in [0.25, 0.3) is 0 Å². The molecule has 0 aliphatic carbocycles. The number of ether oxygens (including phenoxy) is 2. The molecule has 0 amide bonds. The first-order chi connectivity index (χ1) is 11.8. The first-order valence-corrected chi connectivity index (χ1v) is 8.52. The molecule has 24 heavy (non-hydrogen) atoms. The van der Waals surface area contributed by atoms with E-state index < -0.39 is 0 Å². The Bertz CT molecular complexity index is 699. The normalized spacial score (nSPS) is 19.3. The Balaban J connectivity index is 1.66. The van der Waals surface area contributed by atoms with Gasteiger partial charge < -0.3 is 14.6 Å². The molecule has 2 aromatic rings. The molecule has 0 atom stereocenters. The molecule has 2 aliphatic heterocycles. The molecule has 2 aliphatic rings. The van der Waals surface area contributed by atoms with Crippen LogP contribution in [0.5, 0.6) is 11.5 Å². The van der Waals surface area contributed by atoms with Gasteiger partial charge in [-0.2, -0.15) is 0 Å². The van der Waals surface area contributed by atoms with Gasteiger partial charge in [0.2, 0.25) is 0 Å². The summed E-state index contributed by atoms with van der Waals surface area (Å²) in [5, 5.41) is 10.4. The maximum absolute atomic E-state index is 10.4. The zero-order chi connectivity index (χ0) is 16.4.